The molecule has 1 amide bonds. The van der Waals surface area contributed by atoms with Crippen molar-refractivity contribution in [3.63, 3.8) is 0 Å². The average Bonchev–Trinajstić information content (AvgIpc) is 2.62. The lowest BCUT2D eigenvalue weighted by atomic mass is 10.4. The molecule has 0 unspecified atom stereocenters. The average molecular weight is 347 g/mol. The first-order valence-corrected chi connectivity index (χ1v) is 11.0. The first-order valence-electron chi connectivity index (χ1n) is 7.75. The highest BCUT2D eigenvalue weighted by Crippen LogP contribution is 2.56. The summed E-state index contributed by atoms with van der Waals surface area (Å²) in [4.78, 5) is 14.1. The maximum atomic E-state index is 13.7. The molecule has 2 rings (SSSR count). The molecule has 0 aliphatic heterocycles. The molecule has 0 spiro atoms. The Morgan fingerprint density at radius 1 is 0.913 bits per heavy atom. The SMILES string of the molecule is CCN(CC)C(=O)CSP(=O)(c1ccccc1)c1ccccc1. The van der Waals surface area contributed by atoms with Crippen LogP contribution in [0.4, 0.5) is 0 Å². The van der Waals surface area contributed by atoms with Crippen molar-refractivity contribution >= 4 is 34.2 Å². The van der Waals surface area contributed by atoms with Crippen LogP contribution < -0.4 is 10.6 Å². The van der Waals surface area contributed by atoms with Crippen molar-refractivity contribution in [2.45, 2.75) is 13.8 Å². The number of rotatable bonds is 7. The van der Waals surface area contributed by atoms with E-state index in [0.29, 0.717) is 13.1 Å². The van der Waals surface area contributed by atoms with Gasteiger partial charge >= 0.3 is 0 Å². The zero-order valence-corrected chi connectivity index (χ0v) is 15.2. The van der Waals surface area contributed by atoms with E-state index in [2.05, 4.69) is 0 Å². The molecule has 0 aliphatic carbocycles. The summed E-state index contributed by atoms with van der Waals surface area (Å²) in [5, 5.41) is 1.56. The summed E-state index contributed by atoms with van der Waals surface area (Å²) in [6.07, 6.45) is -2.87. The van der Waals surface area contributed by atoms with E-state index in [1.807, 2.05) is 74.5 Å². The van der Waals surface area contributed by atoms with Crippen LogP contribution in [0.2, 0.25) is 0 Å². The molecule has 2 aromatic carbocycles. The van der Waals surface area contributed by atoms with Gasteiger partial charge in [-0.15, -0.1) is 0 Å². The fourth-order valence-electron chi connectivity index (χ4n) is 2.36. The molecule has 122 valence electrons. The fourth-order valence-corrected chi connectivity index (χ4v) is 7.06. The van der Waals surface area contributed by atoms with Gasteiger partial charge in [-0.1, -0.05) is 72.0 Å². The monoisotopic (exact) mass is 347 g/mol. The Kier molecular flexibility index (Phi) is 6.49. The molecule has 0 heterocycles. The predicted octanol–water partition coefficient (Wildman–Crippen LogP) is 3.52. The van der Waals surface area contributed by atoms with E-state index in [1.165, 1.54) is 11.4 Å². The number of carbonyl (C=O) groups excluding carboxylic acids is 1. The summed E-state index contributed by atoms with van der Waals surface area (Å²) in [5.41, 5.74) is 0. The molecule has 0 bridgehead atoms. The van der Waals surface area contributed by atoms with E-state index in [4.69, 9.17) is 0 Å². The molecular weight excluding hydrogens is 325 g/mol. The summed E-state index contributed by atoms with van der Waals surface area (Å²) < 4.78 is 13.7. The maximum Gasteiger partial charge on any atom is 0.233 e. The lowest BCUT2D eigenvalue weighted by Gasteiger charge is -2.22. The Morgan fingerprint density at radius 2 is 1.35 bits per heavy atom. The van der Waals surface area contributed by atoms with Crippen molar-refractivity contribution in [3.8, 4) is 0 Å². The number of carbonyl (C=O) groups is 1. The summed E-state index contributed by atoms with van der Waals surface area (Å²) in [6.45, 7) is 5.27. The Morgan fingerprint density at radius 3 is 1.74 bits per heavy atom. The Labute approximate surface area is 142 Å². The fraction of sp³-hybridized carbons (Fsp3) is 0.278. The van der Waals surface area contributed by atoms with E-state index >= 15 is 0 Å². The van der Waals surface area contributed by atoms with E-state index in [9.17, 15) is 9.36 Å². The maximum absolute atomic E-state index is 13.7. The Hall–Kier alpha value is -1.51. The van der Waals surface area contributed by atoms with Gasteiger partial charge in [-0.25, -0.2) is 0 Å². The van der Waals surface area contributed by atoms with Crippen LogP contribution in [0, 0.1) is 0 Å². The predicted molar refractivity (Wildman–Crippen MR) is 100 cm³/mol. The Balaban J connectivity index is 2.29. The molecule has 0 fully saturated rings. The van der Waals surface area contributed by atoms with Crippen molar-refractivity contribution in [2.75, 3.05) is 18.8 Å². The Bertz CT molecular complexity index is 628. The molecule has 5 heteroatoms. The zero-order valence-electron chi connectivity index (χ0n) is 13.5. The molecule has 3 nitrogen and oxygen atoms in total. The van der Waals surface area contributed by atoms with Crippen LogP contribution in [0.25, 0.3) is 0 Å². The minimum atomic E-state index is -2.87. The lowest BCUT2D eigenvalue weighted by Crippen LogP contribution is -2.32. The number of hydrogen-bond acceptors (Lipinski definition) is 3. The highest BCUT2D eigenvalue weighted by molar-refractivity contribution is 8.62. The number of nitrogens with zero attached hydrogens (tertiary/aromatic N) is 1. The smallest absolute Gasteiger partial charge is 0.233 e. The van der Waals surface area contributed by atoms with Gasteiger partial charge in [0.2, 0.25) is 5.91 Å². The van der Waals surface area contributed by atoms with Crippen LogP contribution >= 0.6 is 17.7 Å². The molecule has 2 aromatic rings. The van der Waals surface area contributed by atoms with E-state index < -0.39 is 6.34 Å². The third kappa shape index (κ3) is 4.27. The molecule has 0 aromatic heterocycles. The van der Waals surface area contributed by atoms with Crippen molar-refractivity contribution in [2.24, 2.45) is 0 Å². The second-order valence-corrected chi connectivity index (χ2v) is 10.1. The van der Waals surface area contributed by atoms with E-state index in [0.717, 1.165) is 10.6 Å². The minimum absolute atomic E-state index is 0.0343. The molecule has 0 saturated carbocycles. The summed E-state index contributed by atoms with van der Waals surface area (Å²) in [7, 11) is 0. The highest BCUT2D eigenvalue weighted by Gasteiger charge is 2.29. The van der Waals surface area contributed by atoms with Gasteiger partial charge in [-0.2, -0.15) is 0 Å². The first-order chi connectivity index (χ1) is 11.1. The molecule has 0 saturated heterocycles. The molecule has 0 N–H and O–H groups in total. The van der Waals surface area contributed by atoms with Gasteiger partial charge < -0.3 is 9.46 Å². The molecule has 0 atom stereocenters. The van der Waals surface area contributed by atoms with Crippen molar-refractivity contribution < 1.29 is 9.36 Å². The van der Waals surface area contributed by atoms with E-state index in [-0.39, 0.29) is 11.7 Å². The van der Waals surface area contributed by atoms with Gasteiger partial charge in [0.1, 0.15) is 0 Å². The summed E-state index contributed by atoms with van der Waals surface area (Å²) in [6, 6.07) is 18.9. The number of amides is 1. The standard InChI is InChI=1S/C18H22NO2PS/c1-3-19(4-2)18(20)15-23-22(21,16-11-7-5-8-12-16)17-13-9-6-10-14-17/h5-14H,3-4,15H2,1-2H3. The van der Waals surface area contributed by atoms with Gasteiger partial charge in [0, 0.05) is 23.7 Å². The van der Waals surface area contributed by atoms with Gasteiger partial charge in [-0.05, 0) is 13.8 Å². The van der Waals surface area contributed by atoms with Gasteiger partial charge in [0.05, 0.1) is 5.75 Å². The number of hydrogen-bond donors (Lipinski definition) is 0. The zero-order chi connectivity index (χ0) is 16.7. The second-order valence-electron chi connectivity index (χ2n) is 5.06. The summed E-state index contributed by atoms with van der Waals surface area (Å²) in [5.74, 6) is 0.259. The van der Waals surface area contributed by atoms with Gasteiger partial charge in [-0.3, -0.25) is 4.79 Å². The second kappa shape index (κ2) is 8.37. The van der Waals surface area contributed by atoms with Crippen LogP contribution in [0.15, 0.2) is 60.7 Å². The van der Waals surface area contributed by atoms with Crippen LogP contribution in [-0.2, 0) is 9.36 Å². The van der Waals surface area contributed by atoms with Crippen LogP contribution in [-0.4, -0.2) is 29.6 Å². The van der Waals surface area contributed by atoms with Gasteiger partial charge in [0.25, 0.3) is 0 Å². The molecular formula is C18H22NO2PS. The topological polar surface area (TPSA) is 37.4 Å². The third-order valence-corrected chi connectivity index (χ3v) is 9.12. The van der Waals surface area contributed by atoms with Gasteiger partial charge in [0.15, 0.2) is 6.34 Å². The third-order valence-electron chi connectivity index (χ3n) is 3.68. The molecule has 0 aliphatic rings. The van der Waals surface area contributed by atoms with Crippen molar-refractivity contribution in [1.29, 1.82) is 0 Å². The van der Waals surface area contributed by atoms with E-state index in [1.54, 1.807) is 4.90 Å². The number of benzene rings is 2. The van der Waals surface area contributed by atoms with Crippen molar-refractivity contribution in [1.82, 2.24) is 4.90 Å². The normalized spacial score (nSPS) is 11.2. The highest BCUT2D eigenvalue weighted by atomic mass is 32.7. The molecule has 23 heavy (non-hydrogen) atoms. The van der Waals surface area contributed by atoms with Crippen LogP contribution in [0.1, 0.15) is 13.8 Å². The minimum Gasteiger partial charge on any atom is -0.343 e. The lowest BCUT2D eigenvalue weighted by molar-refractivity contribution is -0.127. The van der Waals surface area contributed by atoms with Crippen LogP contribution in [0.5, 0.6) is 0 Å². The molecule has 0 radical (unpaired) electrons. The van der Waals surface area contributed by atoms with Crippen LogP contribution in [0.3, 0.4) is 0 Å². The van der Waals surface area contributed by atoms with Crippen molar-refractivity contribution in [3.05, 3.63) is 60.7 Å². The quantitative estimate of drug-likeness (QED) is 0.719. The largest absolute Gasteiger partial charge is 0.343 e. The first kappa shape index (κ1) is 17.8. The summed E-state index contributed by atoms with van der Waals surface area (Å²) >= 11 is 1.26.